The highest BCUT2D eigenvalue weighted by atomic mass is 16.5. The molecule has 3 aromatic rings. The molecule has 11 heteroatoms. The van der Waals surface area contributed by atoms with Crippen molar-refractivity contribution in [3.8, 4) is 28.4 Å². The predicted molar refractivity (Wildman–Crippen MR) is 161 cm³/mol. The maximum Gasteiger partial charge on any atom is 0.248 e. The number of ether oxygens (including phenoxy) is 3. The average molecular weight is 578 g/mol. The van der Waals surface area contributed by atoms with Gasteiger partial charge in [-0.15, -0.1) is 0 Å². The second-order valence-electron chi connectivity index (χ2n) is 10.5. The number of nitrogens with one attached hydrogen (secondary N) is 3. The minimum absolute atomic E-state index is 0.0962. The van der Waals surface area contributed by atoms with Crippen molar-refractivity contribution in [1.29, 1.82) is 0 Å². The summed E-state index contributed by atoms with van der Waals surface area (Å²) in [6.45, 7) is 5.39. The molecule has 11 nitrogen and oxygen atoms in total. The van der Waals surface area contributed by atoms with Crippen molar-refractivity contribution in [2.45, 2.75) is 52.1 Å². The average Bonchev–Trinajstić information content (AvgIpc) is 3.23. The van der Waals surface area contributed by atoms with Gasteiger partial charge < -0.3 is 30.2 Å². The fourth-order valence-corrected chi connectivity index (χ4v) is 5.38. The van der Waals surface area contributed by atoms with E-state index in [0.29, 0.717) is 53.5 Å². The Kier molecular flexibility index (Phi) is 9.39. The van der Waals surface area contributed by atoms with Crippen LogP contribution >= 0.6 is 0 Å². The topological polar surface area (TPSA) is 133 Å². The van der Waals surface area contributed by atoms with Gasteiger partial charge >= 0.3 is 0 Å². The van der Waals surface area contributed by atoms with Crippen LogP contribution in [0.4, 0.5) is 11.5 Å². The zero-order valence-corrected chi connectivity index (χ0v) is 25.2. The third kappa shape index (κ3) is 6.19. The van der Waals surface area contributed by atoms with E-state index in [0.717, 1.165) is 11.1 Å². The second kappa shape index (κ2) is 13.0. The molecule has 2 amide bonds. The van der Waals surface area contributed by atoms with Gasteiger partial charge in [0.05, 0.1) is 33.1 Å². The van der Waals surface area contributed by atoms with Crippen LogP contribution < -0.4 is 35.6 Å². The highest BCUT2D eigenvalue weighted by Crippen LogP contribution is 2.50. The molecule has 42 heavy (non-hydrogen) atoms. The first-order chi connectivity index (χ1) is 20.1. The molecule has 4 rings (SSSR count). The number of rotatable bonds is 10. The number of aryl methyl sites for hydroxylation is 2. The second-order valence-corrected chi connectivity index (χ2v) is 10.5. The largest absolute Gasteiger partial charge is 0.493 e. The summed E-state index contributed by atoms with van der Waals surface area (Å²) in [6.07, 6.45) is 3.59. The lowest BCUT2D eigenvalue weighted by Crippen LogP contribution is -2.40. The van der Waals surface area contributed by atoms with Gasteiger partial charge in [-0.1, -0.05) is 26.3 Å². The molecule has 1 aliphatic rings. The Labute approximate surface area is 245 Å². The quantitative estimate of drug-likeness (QED) is 0.329. The van der Waals surface area contributed by atoms with E-state index in [1.54, 1.807) is 44.3 Å². The standard InChI is InChI=1S/C31H39N5O6/c1-8-17(2)28(31(39)34-26-13-14-36(4)35-26)33-23-12-10-20-21(16-24(23)38)22(32-18(3)37)11-9-19-15-25(40-5)29(41-6)30(42-7)27(19)20/h10,12-17,22,28H,8-9,11H2,1-7H3,(H,32,37)(H,33,38)(H,34,35,39). The number of nitrogens with zero attached hydrogens (tertiary/aromatic N) is 2. The molecule has 3 N–H and O–H groups in total. The monoisotopic (exact) mass is 577 g/mol. The van der Waals surface area contributed by atoms with Gasteiger partial charge in [0.2, 0.25) is 23.0 Å². The van der Waals surface area contributed by atoms with Crippen LogP contribution in [-0.2, 0) is 23.1 Å². The fourth-order valence-electron chi connectivity index (χ4n) is 5.38. The number of amides is 2. The van der Waals surface area contributed by atoms with Gasteiger partial charge in [0.25, 0.3) is 0 Å². The van der Waals surface area contributed by atoms with Crippen LogP contribution in [0.3, 0.4) is 0 Å². The molecule has 0 spiro atoms. The molecule has 0 fully saturated rings. The highest BCUT2D eigenvalue weighted by Gasteiger charge is 2.30. The van der Waals surface area contributed by atoms with Crippen LogP contribution in [0.5, 0.6) is 17.2 Å². The summed E-state index contributed by atoms with van der Waals surface area (Å²) in [6, 6.07) is 7.52. The number of hydrogen-bond acceptors (Lipinski definition) is 8. The van der Waals surface area contributed by atoms with Crippen LogP contribution in [-0.4, -0.2) is 49.0 Å². The summed E-state index contributed by atoms with van der Waals surface area (Å²) in [5.74, 6) is 1.25. The summed E-state index contributed by atoms with van der Waals surface area (Å²) in [5.41, 5.74) is 2.98. The molecule has 3 unspecified atom stereocenters. The highest BCUT2D eigenvalue weighted by molar-refractivity contribution is 5.96. The molecule has 0 bridgehead atoms. The van der Waals surface area contributed by atoms with Crippen molar-refractivity contribution in [3.63, 3.8) is 0 Å². The molecule has 1 aromatic heterocycles. The molecule has 1 heterocycles. The molecule has 0 aliphatic heterocycles. The molecule has 0 saturated heterocycles. The molecule has 1 aliphatic carbocycles. The van der Waals surface area contributed by atoms with E-state index in [4.69, 9.17) is 14.2 Å². The van der Waals surface area contributed by atoms with Gasteiger partial charge in [-0.25, -0.2) is 0 Å². The maximum atomic E-state index is 13.8. The van der Waals surface area contributed by atoms with Crippen molar-refractivity contribution in [3.05, 3.63) is 57.9 Å². The van der Waals surface area contributed by atoms with E-state index in [-0.39, 0.29) is 28.8 Å². The minimum atomic E-state index is -0.704. The van der Waals surface area contributed by atoms with Gasteiger partial charge in [-0.2, -0.15) is 5.10 Å². The third-order valence-electron chi connectivity index (χ3n) is 7.69. The Hall–Kier alpha value is -4.54. The number of methoxy groups -OCH3 is 3. The molecule has 0 radical (unpaired) electrons. The number of anilines is 2. The first-order valence-electron chi connectivity index (χ1n) is 14.0. The van der Waals surface area contributed by atoms with Crippen molar-refractivity contribution < 1.29 is 23.8 Å². The first kappa shape index (κ1) is 30.4. The minimum Gasteiger partial charge on any atom is -0.493 e. The van der Waals surface area contributed by atoms with Gasteiger partial charge in [-0.05, 0) is 53.6 Å². The lowest BCUT2D eigenvalue weighted by Gasteiger charge is -2.23. The summed E-state index contributed by atoms with van der Waals surface area (Å²) in [7, 11) is 6.43. The SMILES string of the molecule is CCC(C)C(Nc1ccc2c(cc1=O)C(NC(C)=O)CCc1cc(OC)c(OC)c(OC)c1-2)C(=O)Nc1ccn(C)n1. The summed E-state index contributed by atoms with van der Waals surface area (Å²) in [4.78, 5) is 39.3. The number of aromatic nitrogens is 2. The van der Waals surface area contributed by atoms with Crippen LogP contribution in [0.15, 0.2) is 41.3 Å². The Balaban J connectivity index is 1.87. The maximum absolute atomic E-state index is 13.8. The van der Waals surface area contributed by atoms with Crippen molar-refractivity contribution >= 4 is 23.3 Å². The van der Waals surface area contributed by atoms with E-state index < -0.39 is 12.1 Å². The zero-order chi connectivity index (χ0) is 30.6. The van der Waals surface area contributed by atoms with E-state index >= 15 is 0 Å². The van der Waals surface area contributed by atoms with Crippen LogP contribution in [0.1, 0.15) is 50.8 Å². The molecular formula is C31H39N5O6. The normalized spacial score (nSPS) is 15.3. The first-order valence-corrected chi connectivity index (χ1v) is 14.0. The zero-order valence-electron chi connectivity index (χ0n) is 25.2. The van der Waals surface area contributed by atoms with Gasteiger partial charge in [-0.3, -0.25) is 19.1 Å². The van der Waals surface area contributed by atoms with E-state index in [2.05, 4.69) is 21.0 Å². The third-order valence-corrected chi connectivity index (χ3v) is 7.69. The van der Waals surface area contributed by atoms with Crippen molar-refractivity contribution in [2.75, 3.05) is 32.0 Å². The van der Waals surface area contributed by atoms with E-state index in [9.17, 15) is 14.4 Å². The molecule has 3 atom stereocenters. The molecule has 2 aromatic carbocycles. The Morgan fingerprint density at radius 2 is 1.83 bits per heavy atom. The predicted octanol–water partition coefficient (Wildman–Crippen LogP) is 4.06. The van der Waals surface area contributed by atoms with Crippen molar-refractivity contribution in [2.24, 2.45) is 13.0 Å². The number of benzene rings is 1. The van der Waals surface area contributed by atoms with Crippen LogP contribution in [0.2, 0.25) is 0 Å². The lowest BCUT2D eigenvalue weighted by atomic mass is 9.95. The summed E-state index contributed by atoms with van der Waals surface area (Å²) >= 11 is 0. The fraction of sp³-hybridized carbons (Fsp3) is 0.419. The van der Waals surface area contributed by atoms with Gasteiger partial charge in [0.15, 0.2) is 17.3 Å². The Morgan fingerprint density at radius 3 is 2.43 bits per heavy atom. The van der Waals surface area contributed by atoms with Gasteiger partial charge in [0.1, 0.15) is 6.04 Å². The Morgan fingerprint density at radius 1 is 1.10 bits per heavy atom. The van der Waals surface area contributed by atoms with E-state index in [1.807, 2.05) is 26.0 Å². The number of carbonyl (C=O) groups is 2. The molecule has 224 valence electrons. The molecular weight excluding hydrogens is 538 g/mol. The summed E-state index contributed by atoms with van der Waals surface area (Å²) in [5, 5.41) is 13.3. The van der Waals surface area contributed by atoms with Crippen molar-refractivity contribution in [1.82, 2.24) is 15.1 Å². The Bertz CT molecular complexity index is 1530. The van der Waals surface area contributed by atoms with Crippen LogP contribution in [0.25, 0.3) is 11.1 Å². The number of fused-ring (bicyclic) bond motifs is 3. The van der Waals surface area contributed by atoms with E-state index in [1.165, 1.54) is 20.1 Å². The smallest absolute Gasteiger partial charge is 0.248 e. The lowest BCUT2D eigenvalue weighted by molar-refractivity contribution is -0.120. The number of hydrogen-bond donors (Lipinski definition) is 3. The van der Waals surface area contributed by atoms with Crippen LogP contribution in [0, 0.1) is 5.92 Å². The van der Waals surface area contributed by atoms with Gasteiger partial charge in [0, 0.05) is 31.8 Å². The molecule has 0 saturated carbocycles. The number of carbonyl (C=O) groups excluding carboxylic acids is 2. The summed E-state index contributed by atoms with van der Waals surface area (Å²) < 4.78 is 18.7.